The van der Waals surface area contributed by atoms with Crippen molar-refractivity contribution in [2.45, 2.75) is 63.6 Å². The molecule has 33 heavy (non-hydrogen) atoms. The molecule has 1 unspecified atom stereocenters. The Morgan fingerprint density at radius 3 is 2.58 bits per heavy atom. The highest BCUT2D eigenvalue weighted by molar-refractivity contribution is 7.89. The zero-order valence-electron chi connectivity index (χ0n) is 20.1. The van der Waals surface area contributed by atoms with Crippen LogP contribution in [-0.2, 0) is 21.3 Å². The summed E-state index contributed by atoms with van der Waals surface area (Å²) in [7, 11) is -2.17. The molecule has 2 aromatic rings. The van der Waals surface area contributed by atoms with Crippen LogP contribution < -0.4 is 9.46 Å². The van der Waals surface area contributed by atoms with Gasteiger partial charge >= 0.3 is 0 Å². The van der Waals surface area contributed by atoms with Crippen LogP contribution in [0.25, 0.3) is 0 Å². The molecule has 8 heteroatoms. The number of rotatable bonds is 8. The van der Waals surface area contributed by atoms with Gasteiger partial charge in [0.25, 0.3) is 5.91 Å². The molecule has 2 aromatic carbocycles. The number of amides is 1. The predicted octanol–water partition coefficient (Wildman–Crippen LogP) is 3.90. The highest BCUT2D eigenvalue weighted by Crippen LogP contribution is 2.25. The van der Waals surface area contributed by atoms with E-state index in [0.29, 0.717) is 36.6 Å². The summed E-state index contributed by atoms with van der Waals surface area (Å²) in [6.07, 6.45) is 1.81. The maximum Gasteiger partial charge on any atom is 0.254 e. The van der Waals surface area contributed by atoms with Crippen LogP contribution in [0.2, 0.25) is 0 Å². The standard InChI is InChI=1S/C25H34N2O5S/c1-18-12-13-21(33(29,30)26-25(2,3)4)15-22(18)24(28)27(17-20-10-8-14-32-20)16-19-9-6-7-11-23(19)31-5/h6-7,9,11-13,15,20,26H,8,10,14,16-17H2,1-5H3. The van der Waals surface area contributed by atoms with Gasteiger partial charge in [-0.1, -0.05) is 24.3 Å². The number of nitrogens with zero attached hydrogens (tertiary/aromatic N) is 1. The van der Waals surface area contributed by atoms with Crippen molar-refractivity contribution in [3.63, 3.8) is 0 Å². The third kappa shape index (κ3) is 6.56. The molecule has 1 atom stereocenters. The SMILES string of the molecule is COc1ccccc1CN(CC1CCCO1)C(=O)c1cc(S(=O)(=O)NC(C)(C)C)ccc1C. The van der Waals surface area contributed by atoms with Crippen LogP contribution in [0.3, 0.4) is 0 Å². The first-order valence-corrected chi connectivity index (χ1v) is 12.7. The van der Waals surface area contributed by atoms with Gasteiger partial charge in [-0.2, -0.15) is 0 Å². The minimum absolute atomic E-state index is 0.0431. The molecule has 0 radical (unpaired) electrons. The number of hydrogen-bond donors (Lipinski definition) is 1. The van der Waals surface area contributed by atoms with Crippen LogP contribution in [0.5, 0.6) is 5.75 Å². The topological polar surface area (TPSA) is 84.9 Å². The van der Waals surface area contributed by atoms with Gasteiger partial charge in [0.05, 0.1) is 18.1 Å². The quantitative estimate of drug-likeness (QED) is 0.627. The van der Waals surface area contributed by atoms with E-state index in [9.17, 15) is 13.2 Å². The van der Waals surface area contributed by atoms with E-state index in [-0.39, 0.29) is 16.9 Å². The van der Waals surface area contributed by atoms with Gasteiger partial charge < -0.3 is 14.4 Å². The molecule has 1 saturated heterocycles. The highest BCUT2D eigenvalue weighted by Gasteiger charge is 2.28. The Morgan fingerprint density at radius 1 is 1.21 bits per heavy atom. The summed E-state index contributed by atoms with van der Waals surface area (Å²) >= 11 is 0. The van der Waals surface area contributed by atoms with E-state index in [0.717, 1.165) is 18.4 Å². The largest absolute Gasteiger partial charge is 0.496 e. The molecule has 0 spiro atoms. The zero-order valence-corrected chi connectivity index (χ0v) is 20.9. The number of para-hydroxylation sites is 1. The second kappa shape index (κ2) is 10.2. The van der Waals surface area contributed by atoms with Crippen LogP contribution in [0, 0.1) is 6.92 Å². The molecule has 0 bridgehead atoms. The first kappa shape index (κ1) is 25.2. The molecule has 1 N–H and O–H groups in total. The van der Waals surface area contributed by atoms with Gasteiger partial charge in [0, 0.05) is 36.4 Å². The summed E-state index contributed by atoms with van der Waals surface area (Å²) in [5.74, 6) is 0.465. The molecule has 0 saturated carbocycles. The van der Waals surface area contributed by atoms with Gasteiger partial charge in [-0.25, -0.2) is 13.1 Å². The number of carbonyl (C=O) groups excluding carboxylic acids is 1. The van der Waals surface area contributed by atoms with Crippen LogP contribution in [0.4, 0.5) is 0 Å². The molecule has 1 aliphatic heterocycles. The lowest BCUT2D eigenvalue weighted by Gasteiger charge is -2.27. The first-order valence-electron chi connectivity index (χ1n) is 11.2. The second-order valence-electron chi connectivity index (χ2n) is 9.46. The normalized spacial score (nSPS) is 16.6. The summed E-state index contributed by atoms with van der Waals surface area (Å²) in [4.78, 5) is 15.5. The minimum Gasteiger partial charge on any atom is -0.496 e. The molecular weight excluding hydrogens is 440 g/mol. The van der Waals surface area contributed by atoms with E-state index in [2.05, 4.69) is 4.72 Å². The van der Waals surface area contributed by atoms with Gasteiger partial charge in [0.1, 0.15) is 5.75 Å². The first-order chi connectivity index (χ1) is 15.5. The van der Waals surface area contributed by atoms with Gasteiger partial charge in [0.2, 0.25) is 10.0 Å². The van der Waals surface area contributed by atoms with Crippen molar-refractivity contribution >= 4 is 15.9 Å². The molecular formula is C25H34N2O5S. The van der Waals surface area contributed by atoms with Crippen molar-refractivity contribution in [3.05, 3.63) is 59.2 Å². The molecule has 7 nitrogen and oxygen atoms in total. The lowest BCUT2D eigenvalue weighted by Crippen LogP contribution is -2.40. The van der Waals surface area contributed by atoms with Crippen molar-refractivity contribution in [1.29, 1.82) is 0 Å². The van der Waals surface area contributed by atoms with Crippen molar-refractivity contribution < 1.29 is 22.7 Å². The molecule has 180 valence electrons. The average molecular weight is 475 g/mol. The summed E-state index contributed by atoms with van der Waals surface area (Å²) in [5.41, 5.74) is 1.32. The van der Waals surface area contributed by atoms with Crippen molar-refractivity contribution in [3.8, 4) is 5.75 Å². The number of benzene rings is 2. The molecule has 1 amide bonds. The van der Waals surface area contributed by atoms with Gasteiger partial charge in [-0.3, -0.25) is 4.79 Å². The second-order valence-corrected chi connectivity index (χ2v) is 11.1. The fourth-order valence-corrected chi connectivity index (χ4v) is 5.37. The number of sulfonamides is 1. The fraction of sp³-hybridized carbons (Fsp3) is 0.480. The Bertz CT molecular complexity index is 1090. The molecule has 3 rings (SSSR count). The monoisotopic (exact) mass is 474 g/mol. The Balaban J connectivity index is 1.96. The van der Waals surface area contributed by atoms with E-state index in [1.807, 2.05) is 31.2 Å². The van der Waals surface area contributed by atoms with Crippen molar-refractivity contribution in [2.75, 3.05) is 20.3 Å². The molecule has 0 aromatic heterocycles. The van der Waals surface area contributed by atoms with Crippen LogP contribution in [-0.4, -0.2) is 51.1 Å². The van der Waals surface area contributed by atoms with E-state index < -0.39 is 15.6 Å². The number of hydrogen-bond acceptors (Lipinski definition) is 5. The van der Waals surface area contributed by atoms with Crippen LogP contribution in [0.1, 0.15) is 55.1 Å². The highest BCUT2D eigenvalue weighted by atomic mass is 32.2. The third-order valence-corrected chi connectivity index (χ3v) is 7.23. The lowest BCUT2D eigenvalue weighted by atomic mass is 10.1. The fourth-order valence-electron chi connectivity index (χ4n) is 3.92. The molecule has 0 aliphatic carbocycles. The van der Waals surface area contributed by atoms with Crippen molar-refractivity contribution in [2.24, 2.45) is 0 Å². The van der Waals surface area contributed by atoms with Crippen LogP contribution in [0.15, 0.2) is 47.4 Å². The lowest BCUT2D eigenvalue weighted by molar-refractivity contribution is 0.0505. The van der Waals surface area contributed by atoms with E-state index in [1.54, 1.807) is 38.8 Å². The third-order valence-electron chi connectivity index (χ3n) is 5.48. The Labute approximate surface area is 197 Å². The molecule has 1 fully saturated rings. The summed E-state index contributed by atoms with van der Waals surface area (Å²) in [5, 5.41) is 0. The van der Waals surface area contributed by atoms with Crippen LogP contribution >= 0.6 is 0 Å². The number of aryl methyl sites for hydroxylation is 1. The van der Waals surface area contributed by atoms with Gasteiger partial charge in [-0.15, -0.1) is 0 Å². The average Bonchev–Trinajstić information content (AvgIpc) is 3.25. The molecule has 1 aliphatic rings. The van der Waals surface area contributed by atoms with Gasteiger partial charge in [0.15, 0.2) is 0 Å². The van der Waals surface area contributed by atoms with Crippen molar-refractivity contribution in [1.82, 2.24) is 9.62 Å². The number of methoxy groups -OCH3 is 1. The Morgan fingerprint density at radius 2 is 1.94 bits per heavy atom. The maximum atomic E-state index is 13.7. The number of carbonyl (C=O) groups is 1. The van der Waals surface area contributed by atoms with E-state index in [4.69, 9.17) is 9.47 Å². The Hall–Kier alpha value is -2.42. The maximum absolute atomic E-state index is 13.7. The molecule has 1 heterocycles. The number of nitrogens with one attached hydrogen (secondary N) is 1. The number of ether oxygens (including phenoxy) is 2. The summed E-state index contributed by atoms with van der Waals surface area (Å²) in [6.45, 7) is 8.60. The summed E-state index contributed by atoms with van der Waals surface area (Å²) in [6, 6.07) is 12.3. The predicted molar refractivity (Wildman–Crippen MR) is 128 cm³/mol. The zero-order chi connectivity index (χ0) is 24.2. The minimum atomic E-state index is -3.77. The Kier molecular flexibility index (Phi) is 7.82. The van der Waals surface area contributed by atoms with E-state index in [1.165, 1.54) is 12.1 Å². The van der Waals surface area contributed by atoms with Gasteiger partial charge in [-0.05, 0) is 64.3 Å². The summed E-state index contributed by atoms with van der Waals surface area (Å²) < 4.78 is 39.7. The smallest absolute Gasteiger partial charge is 0.254 e. The van der Waals surface area contributed by atoms with E-state index >= 15 is 0 Å².